The predicted molar refractivity (Wildman–Crippen MR) is 93.5 cm³/mol. The summed E-state index contributed by atoms with van der Waals surface area (Å²) >= 11 is 0. The Labute approximate surface area is 138 Å². The van der Waals surface area contributed by atoms with Crippen molar-refractivity contribution < 1.29 is 4.79 Å². The van der Waals surface area contributed by atoms with E-state index < -0.39 is 0 Å². The molecule has 4 rings (SSSR count). The van der Waals surface area contributed by atoms with Crippen LogP contribution in [-0.4, -0.2) is 50.6 Å². The predicted octanol–water partition coefficient (Wildman–Crippen LogP) is 1.83. The molecule has 1 unspecified atom stereocenters. The molecule has 3 heterocycles. The van der Waals surface area contributed by atoms with Gasteiger partial charge in [-0.2, -0.15) is 0 Å². The number of hydrogen-bond acceptors (Lipinski definition) is 3. The summed E-state index contributed by atoms with van der Waals surface area (Å²) in [6.07, 6.45) is 7.92. The Morgan fingerprint density at radius 2 is 2.13 bits per heavy atom. The van der Waals surface area contributed by atoms with Crippen LogP contribution in [0.3, 0.4) is 0 Å². The van der Waals surface area contributed by atoms with Crippen LogP contribution < -0.4 is 10.2 Å². The second-order valence-electron chi connectivity index (χ2n) is 6.86. The van der Waals surface area contributed by atoms with Gasteiger partial charge in [-0.05, 0) is 49.6 Å². The van der Waals surface area contributed by atoms with Gasteiger partial charge in [0.1, 0.15) is 0 Å². The highest BCUT2D eigenvalue weighted by Gasteiger charge is 2.39. The molecule has 2 bridgehead atoms. The molecule has 122 valence electrons. The normalized spacial score (nSPS) is 28.9. The molecule has 0 saturated carbocycles. The minimum atomic E-state index is 0.00597. The first kappa shape index (κ1) is 15.9. The molecular formula is C19H25N3O. The number of fused-ring (bicyclic) bond motifs is 3. The summed E-state index contributed by atoms with van der Waals surface area (Å²) in [6, 6.07) is 8.14. The molecule has 4 nitrogen and oxygen atoms in total. The van der Waals surface area contributed by atoms with Crippen LogP contribution in [-0.2, 0) is 0 Å². The van der Waals surface area contributed by atoms with E-state index in [1.165, 1.54) is 6.42 Å². The van der Waals surface area contributed by atoms with Gasteiger partial charge < -0.3 is 10.2 Å². The number of piperidine rings is 3. The highest BCUT2D eigenvalue weighted by atomic mass is 16.1. The quantitative estimate of drug-likeness (QED) is 0.862. The highest BCUT2D eigenvalue weighted by molar-refractivity contribution is 5.94. The SMILES string of the molecule is C#C[C@H]1CN2CC[C@H]1C[C@@H]2CNC(=O)c1ccc(N(C)C)cc1. The van der Waals surface area contributed by atoms with Gasteiger partial charge >= 0.3 is 0 Å². The van der Waals surface area contributed by atoms with E-state index in [1.807, 2.05) is 43.3 Å². The number of nitrogens with one attached hydrogen (secondary N) is 1. The van der Waals surface area contributed by atoms with Crippen molar-refractivity contribution in [2.45, 2.75) is 18.9 Å². The number of amides is 1. The van der Waals surface area contributed by atoms with Gasteiger partial charge in [0, 0.05) is 50.4 Å². The topological polar surface area (TPSA) is 35.6 Å². The van der Waals surface area contributed by atoms with E-state index in [1.54, 1.807) is 0 Å². The fraction of sp³-hybridized carbons (Fsp3) is 0.526. The second-order valence-corrected chi connectivity index (χ2v) is 6.86. The van der Waals surface area contributed by atoms with E-state index in [9.17, 15) is 4.79 Å². The summed E-state index contributed by atoms with van der Waals surface area (Å²) in [6.45, 7) is 2.81. The minimum Gasteiger partial charge on any atom is -0.378 e. The van der Waals surface area contributed by atoms with Crippen molar-refractivity contribution in [1.29, 1.82) is 0 Å². The van der Waals surface area contributed by atoms with Gasteiger partial charge in [-0.25, -0.2) is 0 Å². The third-order valence-corrected chi connectivity index (χ3v) is 5.24. The molecule has 1 N–H and O–H groups in total. The van der Waals surface area contributed by atoms with E-state index in [0.29, 0.717) is 30.0 Å². The maximum Gasteiger partial charge on any atom is 0.251 e. The molecule has 0 aliphatic carbocycles. The van der Waals surface area contributed by atoms with Gasteiger partial charge in [0.15, 0.2) is 0 Å². The van der Waals surface area contributed by atoms with Gasteiger partial charge in [0.25, 0.3) is 5.91 Å². The highest BCUT2D eigenvalue weighted by Crippen LogP contribution is 2.35. The molecule has 1 amide bonds. The number of nitrogens with zero attached hydrogens (tertiary/aromatic N) is 2. The monoisotopic (exact) mass is 311 g/mol. The van der Waals surface area contributed by atoms with Crippen LogP contribution in [0.4, 0.5) is 5.69 Å². The molecule has 0 spiro atoms. The third-order valence-electron chi connectivity index (χ3n) is 5.24. The van der Waals surface area contributed by atoms with Crippen molar-refractivity contribution in [3.63, 3.8) is 0 Å². The van der Waals surface area contributed by atoms with E-state index >= 15 is 0 Å². The smallest absolute Gasteiger partial charge is 0.251 e. The minimum absolute atomic E-state index is 0.00597. The average Bonchev–Trinajstić information content (AvgIpc) is 2.60. The number of carbonyl (C=O) groups is 1. The zero-order valence-corrected chi connectivity index (χ0v) is 14.0. The van der Waals surface area contributed by atoms with Crippen molar-refractivity contribution in [1.82, 2.24) is 10.2 Å². The fourth-order valence-electron chi connectivity index (χ4n) is 3.76. The average molecular weight is 311 g/mol. The summed E-state index contributed by atoms with van der Waals surface area (Å²) in [4.78, 5) is 16.8. The molecule has 1 aromatic rings. The van der Waals surface area contributed by atoms with Gasteiger partial charge in [-0.15, -0.1) is 12.3 Å². The lowest BCUT2D eigenvalue weighted by Crippen LogP contribution is -2.56. The summed E-state index contributed by atoms with van der Waals surface area (Å²) in [5.74, 6) is 3.96. The first-order valence-corrected chi connectivity index (χ1v) is 8.34. The number of anilines is 1. The molecule has 4 atom stereocenters. The Hall–Kier alpha value is -1.99. The fourth-order valence-corrected chi connectivity index (χ4v) is 3.76. The first-order valence-electron chi connectivity index (χ1n) is 8.34. The molecule has 0 radical (unpaired) electrons. The lowest BCUT2D eigenvalue weighted by molar-refractivity contribution is 0.0227. The van der Waals surface area contributed by atoms with Crippen molar-refractivity contribution in [2.75, 3.05) is 38.6 Å². The van der Waals surface area contributed by atoms with Crippen LogP contribution in [0.5, 0.6) is 0 Å². The second kappa shape index (κ2) is 6.64. The Bertz CT molecular complexity index is 602. The van der Waals surface area contributed by atoms with Crippen LogP contribution >= 0.6 is 0 Å². The number of carbonyl (C=O) groups excluding carboxylic acids is 1. The Balaban J connectivity index is 1.55. The Kier molecular flexibility index (Phi) is 4.58. The van der Waals surface area contributed by atoms with Gasteiger partial charge in [0.05, 0.1) is 0 Å². The Morgan fingerprint density at radius 3 is 2.70 bits per heavy atom. The van der Waals surface area contributed by atoms with Gasteiger partial charge in [-0.3, -0.25) is 9.69 Å². The van der Waals surface area contributed by atoms with Crippen molar-refractivity contribution >= 4 is 11.6 Å². The zero-order chi connectivity index (χ0) is 16.4. The largest absolute Gasteiger partial charge is 0.378 e. The molecule has 1 aromatic carbocycles. The van der Waals surface area contributed by atoms with Crippen molar-refractivity contribution in [3.8, 4) is 12.3 Å². The molecule has 4 heteroatoms. The van der Waals surface area contributed by atoms with E-state index in [-0.39, 0.29) is 5.91 Å². The summed E-state index contributed by atoms with van der Waals surface area (Å²) < 4.78 is 0. The van der Waals surface area contributed by atoms with E-state index in [2.05, 4.69) is 16.1 Å². The number of benzene rings is 1. The maximum absolute atomic E-state index is 12.3. The summed E-state index contributed by atoms with van der Waals surface area (Å²) in [5, 5.41) is 3.09. The molecule has 3 saturated heterocycles. The molecule has 0 aromatic heterocycles. The number of terminal acetylenes is 1. The number of rotatable bonds is 4. The first-order chi connectivity index (χ1) is 11.1. The Morgan fingerprint density at radius 1 is 1.39 bits per heavy atom. The van der Waals surface area contributed by atoms with Crippen LogP contribution in [0.15, 0.2) is 24.3 Å². The molecule has 3 fully saturated rings. The lowest BCUT2D eigenvalue weighted by atomic mass is 9.76. The summed E-state index contributed by atoms with van der Waals surface area (Å²) in [5.41, 5.74) is 1.81. The number of hydrogen-bond donors (Lipinski definition) is 1. The molecule has 23 heavy (non-hydrogen) atoms. The van der Waals surface area contributed by atoms with Gasteiger partial charge in [0.2, 0.25) is 0 Å². The lowest BCUT2D eigenvalue weighted by Gasteiger charge is -2.48. The van der Waals surface area contributed by atoms with Crippen molar-refractivity contribution in [2.24, 2.45) is 11.8 Å². The molecular weight excluding hydrogens is 286 g/mol. The summed E-state index contributed by atoms with van der Waals surface area (Å²) in [7, 11) is 3.98. The molecule has 3 aliphatic rings. The maximum atomic E-state index is 12.3. The van der Waals surface area contributed by atoms with Crippen LogP contribution in [0.1, 0.15) is 23.2 Å². The zero-order valence-electron chi connectivity index (χ0n) is 14.0. The standard InChI is InChI=1S/C19H25N3O/c1-4-14-13-22-10-9-16(14)11-18(22)12-20-19(23)15-5-7-17(8-6-15)21(2)3/h1,5-8,14,16,18H,9-13H2,2-3H3,(H,20,23)/t14-,16-,18+/m0/s1. The molecule has 3 aliphatic heterocycles. The van der Waals surface area contributed by atoms with E-state index in [4.69, 9.17) is 6.42 Å². The third kappa shape index (κ3) is 3.35. The van der Waals surface area contributed by atoms with Crippen LogP contribution in [0.2, 0.25) is 0 Å². The van der Waals surface area contributed by atoms with E-state index in [0.717, 1.165) is 25.2 Å². The van der Waals surface area contributed by atoms with Crippen LogP contribution in [0.25, 0.3) is 0 Å². The van der Waals surface area contributed by atoms with Crippen molar-refractivity contribution in [3.05, 3.63) is 29.8 Å². The van der Waals surface area contributed by atoms with Crippen LogP contribution in [0, 0.1) is 24.2 Å². The van der Waals surface area contributed by atoms with Gasteiger partial charge in [-0.1, -0.05) is 0 Å².